The minimum atomic E-state index is -0.562. The first kappa shape index (κ1) is 17.0. The van der Waals surface area contributed by atoms with Gasteiger partial charge in [0.15, 0.2) is 5.82 Å². The molecule has 2 aromatic carbocycles. The van der Waals surface area contributed by atoms with E-state index in [2.05, 4.69) is 15.4 Å². The summed E-state index contributed by atoms with van der Waals surface area (Å²) in [6.07, 6.45) is 5.41. The lowest BCUT2D eigenvalue weighted by molar-refractivity contribution is -0.384. The first-order valence-electron chi connectivity index (χ1n) is 7.41. The molecule has 3 aromatic rings. The fraction of sp³-hybridized carbons (Fsp3) is 0. The fourth-order valence-electron chi connectivity index (χ4n) is 2.17. The van der Waals surface area contributed by atoms with Crippen molar-refractivity contribution < 1.29 is 14.1 Å². The lowest BCUT2D eigenvalue weighted by Gasteiger charge is -2.06. The molecule has 26 heavy (non-hydrogen) atoms. The Hall–Kier alpha value is -3.88. The van der Waals surface area contributed by atoms with Crippen molar-refractivity contribution in [1.82, 2.24) is 14.8 Å². The summed E-state index contributed by atoms with van der Waals surface area (Å²) in [6, 6.07) is 9.92. The third kappa shape index (κ3) is 3.96. The first-order chi connectivity index (χ1) is 12.5. The number of nitro benzene ring substituents is 1. The zero-order chi connectivity index (χ0) is 18.5. The molecule has 0 fully saturated rings. The van der Waals surface area contributed by atoms with Crippen molar-refractivity contribution in [1.29, 1.82) is 0 Å². The van der Waals surface area contributed by atoms with Crippen LogP contribution in [-0.2, 0) is 4.79 Å². The zero-order valence-electron chi connectivity index (χ0n) is 13.2. The maximum Gasteiger partial charge on any atom is 0.269 e. The Kier molecular flexibility index (Phi) is 4.79. The number of nitrogens with zero attached hydrogens (tertiary/aromatic N) is 4. The molecule has 0 aliphatic heterocycles. The summed E-state index contributed by atoms with van der Waals surface area (Å²) in [5.74, 6) is -1.02. The third-order valence-corrected chi connectivity index (χ3v) is 3.41. The molecule has 0 aliphatic carbocycles. The van der Waals surface area contributed by atoms with E-state index in [-0.39, 0.29) is 17.1 Å². The van der Waals surface area contributed by atoms with Gasteiger partial charge in [0.25, 0.3) is 5.69 Å². The number of halogens is 1. The van der Waals surface area contributed by atoms with Gasteiger partial charge in [0, 0.05) is 23.9 Å². The minimum Gasteiger partial charge on any atom is -0.322 e. The Morgan fingerprint density at radius 2 is 2.00 bits per heavy atom. The Labute approximate surface area is 146 Å². The van der Waals surface area contributed by atoms with Gasteiger partial charge in [0.1, 0.15) is 18.3 Å². The van der Waals surface area contributed by atoms with E-state index in [0.29, 0.717) is 5.56 Å². The van der Waals surface area contributed by atoms with Crippen LogP contribution in [0.15, 0.2) is 61.2 Å². The van der Waals surface area contributed by atoms with Crippen LogP contribution < -0.4 is 5.32 Å². The number of carbonyl (C=O) groups is 1. The Bertz CT molecular complexity index is 969. The minimum absolute atomic E-state index is 0.0328. The second kappa shape index (κ2) is 7.34. The van der Waals surface area contributed by atoms with Crippen LogP contribution in [0.3, 0.4) is 0 Å². The number of hydrogen-bond acceptors (Lipinski definition) is 5. The van der Waals surface area contributed by atoms with Gasteiger partial charge in [-0.05, 0) is 42.0 Å². The quantitative estimate of drug-likeness (QED) is 0.431. The van der Waals surface area contributed by atoms with E-state index in [1.807, 2.05) is 0 Å². The van der Waals surface area contributed by atoms with Crippen molar-refractivity contribution >= 4 is 23.4 Å². The highest BCUT2D eigenvalue weighted by Gasteiger charge is 2.08. The Morgan fingerprint density at radius 3 is 2.62 bits per heavy atom. The van der Waals surface area contributed by atoms with Gasteiger partial charge in [-0.2, -0.15) is 5.10 Å². The predicted octanol–water partition coefficient (Wildman–Crippen LogP) is 2.97. The number of nitro groups is 1. The zero-order valence-corrected chi connectivity index (χ0v) is 13.2. The summed E-state index contributed by atoms with van der Waals surface area (Å²) < 4.78 is 15.4. The van der Waals surface area contributed by atoms with Gasteiger partial charge in [-0.3, -0.25) is 14.9 Å². The molecule has 0 saturated heterocycles. The van der Waals surface area contributed by atoms with Crippen molar-refractivity contribution in [2.24, 2.45) is 0 Å². The lowest BCUT2D eigenvalue weighted by atomic mass is 10.2. The molecule has 130 valence electrons. The fourth-order valence-corrected chi connectivity index (χ4v) is 2.17. The Balaban J connectivity index is 1.66. The number of anilines is 1. The number of amides is 1. The molecule has 0 unspecified atom stereocenters. The van der Waals surface area contributed by atoms with Crippen molar-refractivity contribution in [2.45, 2.75) is 0 Å². The molecule has 0 saturated carbocycles. The molecule has 0 spiro atoms. The molecule has 8 nitrogen and oxygen atoms in total. The van der Waals surface area contributed by atoms with Crippen LogP contribution >= 0.6 is 0 Å². The maximum absolute atomic E-state index is 14.1. The summed E-state index contributed by atoms with van der Waals surface area (Å²) in [5, 5.41) is 17.0. The smallest absolute Gasteiger partial charge is 0.269 e. The summed E-state index contributed by atoms with van der Waals surface area (Å²) >= 11 is 0. The second-order valence-electron chi connectivity index (χ2n) is 5.18. The van der Waals surface area contributed by atoms with Crippen LogP contribution in [0.25, 0.3) is 11.8 Å². The van der Waals surface area contributed by atoms with Gasteiger partial charge < -0.3 is 5.32 Å². The molecule has 0 aliphatic rings. The highest BCUT2D eigenvalue weighted by Crippen LogP contribution is 2.17. The number of rotatable bonds is 5. The SMILES string of the molecule is O=C(/C=C/c1ccc([N+](=O)[O-])cc1)Nc1ccc(-n2cncn2)c(F)c1. The number of benzene rings is 2. The highest BCUT2D eigenvalue weighted by atomic mass is 19.1. The molecular formula is C17H12FN5O3. The lowest BCUT2D eigenvalue weighted by Crippen LogP contribution is -2.08. The molecule has 0 bridgehead atoms. The van der Waals surface area contributed by atoms with Crippen molar-refractivity contribution in [3.63, 3.8) is 0 Å². The van der Waals surface area contributed by atoms with Crippen molar-refractivity contribution in [3.05, 3.63) is 82.7 Å². The van der Waals surface area contributed by atoms with Gasteiger partial charge in [-0.25, -0.2) is 14.1 Å². The van der Waals surface area contributed by atoms with Crippen LogP contribution in [0.4, 0.5) is 15.8 Å². The van der Waals surface area contributed by atoms with E-state index >= 15 is 0 Å². The van der Waals surface area contributed by atoms with Crippen LogP contribution in [-0.4, -0.2) is 25.6 Å². The number of non-ortho nitro benzene ring substituents is 1. The van der Waals surface area contributed by atoms with Gasteiger partial charge in [0.2, 0.25) is 5.91 Å². The van der Waals surface area contributed by atoms with E-state index < -0.39 is 16.6 Å². The molecule has 0 radical (unpaired) electrons. The first-order valence-corrected chi connectivity index (χ1v) is 7.41. The summed E-state index contributed by atoms with van der Waals surface area (Å²) in [5.41, 5.74) is 1.08. The predicted molar refractivity (Wildman–Crippen MR) is 92.1 cm³/mol. The van der Waals surface area contributed by atoms with Gasteiger partial charge >= 0.3 is 0 Å². The van der Waals surface area contributed by atoms with Crippen LogP contribution in [0, 0.1) is 15.9 Å². The molecular weight excluding hydrogens is 341 g/mol. The second-order valence-corrected chi connectivity index (χ2v) is 5.18. The number of carbonyl (C=O) groups excluding carboxylic acids is 1. The monoisotopic (exact) mass is 353 g/mol. The Morgan fingerprint density at radius 1 is 1.23 bits per heavy atom. The molecule has 1 heterocycles. The van der Waals surface area contributed by atoms with E-state index in [0.717, 1.165) is 0 Å². The van der Waals surface area contributed by atoms with E-state index in [1.54, 1.807) is 0 Å². The van der Waals surface area contributed by atoms with Crippen LogP contribution in [0.2, 0.25) is 0 Å². The van der Waals surface area contributed by atoms with E-state index in [4.69, 9.17) is 0 Å². The molecule has 1 aromatic heterocycles. The van der Waals surface area contributed by atoms with E-state index in [9.17, 15) is 19.3 Å². The molecule has 9 heteroatoms. The van der Waals surface area contributed by atoms with Crippen LogP contribution in [0.5, 0.6) is 0 Å². The summed E-state index contributed by atoms with van der Waals surface area (Å²) in [7, 11) is 0. The average Bonchev–Trinajstić information content (AvgIpc) is 3.15. The number of hydrogen-bond donors (Lipinski definition) is 1. The molecule has 3 rings (SSSR count). The topological polar surface area (TPSA) is 103 Å². The molecule has 1 amide bonds. The van der Waals surface area contributed by atoms with E-state index in [1.165, 1.54) is 72.0 Å². The number of aromatic nitrogens is 3. The molecule has 1 N–H and O–H groups in total. The van der Waals surface area contributed by atoms with Gasteiger partial charge in [0.05, 0.1) is 4.92 Å². The van der Waals surface area contributed by atoms with Crippen molar-refractivity contribution in [3.8, 4) is 5.69 Å². The van der Waals surface area contributed by atoms with Crippen LogP contribution in [0.1, 0.15) is 5.56 Å². The average molecular weight is 353 g/mol. The normalized spacial score (nSPS) is 10.8. The summed E-state index contributed by atoms with van der Waals surface area (Å²) in [6.45, 7) is 0. The standard InChI is InChI=1S/C17H12FN5O3/c18-15-9-13(4-7-16(15)22-11-19-10-20-22)21-17(24)8-3-12-1-5-14(6-2-12)23(25)26/h1-11H,(H,21,24)/b8-3+. The van der Waals surface area contributed by atoms with Crippen molar-refractivity contribution in [2.75, 3.05) is 5.32 Å². The van der Waals surface area contributed by atoms with Gasteiger partial charge in [-0.15, -0.1) is 0 Å². The number of nitrogens with one attached hydrogen (secondary N) is 1. The maximum atomic E-state index is 14.1. The summed E-state index contributed by atoms with van der Waals surface area (Å²) in [4.78, 5) is 25.8. The van der Waals surface area contributed by atoms with Gasteiger partial charge in [-0.1, -0.05) is 0 Å². The highest BCUT2D eigenvalue weighted by molar-refractivity contribution is 6.01. The largest absolute Gasteiger partial charge is 0.322 e. The molecule has 0 atom stereocenters. The third-order valence-electron chi connectivity index (χ3n) is 3.41.